The van der Waals surface area contributed by atoms with Crippen LogP contribution in [0, 0.1) is 5.92 Å². The van der Waals surface area contributed by atoms with Gasteiger partial charge in [-0.2, -0.15) is 0 Å². The normalized spacial score (nSPS) is 25.6. The van der Waals surface area contributed by atoms with Crippen LogP contribution < -0.4 is 5.32 Å². The molecule has 2 aliphatic rings. The fraction of sp³-hybridized carbons (Fsp3) is 0.538. The Morgan fingerprint density at radius 1 is 1.56 bits per heavy atom. The quantitative estimate of drug-likeness (QED) is 0.913. The van der Waals surface area contributed by atoms with Crippen LogP contribution in [0.2, 0.25) is 0 Å². The number of nitrogens with one attached hydrogen (secondary N) is 1. The predicted octanol–water partition coefficient (Wildman–Crippen LogP) is 2.51. The molecule has 0 spiro atoms. The molecule has 1 saturated heterocycles. The smallest absolute Gasteiger partial charge is 0.257 e. The fourth-order valence-electron chi connectivity index (χ4n) is 3.13. The maximum Gasteiger partial charge on any atom is 0.257 e. The van der Waals surface area contributed by atoms with Crippen LogP contribution in [0.4, 0.5) is 5.82 Å². The first-order chi connectivity index (χ1) is 8.69. The van der Waals surface area contributed by atoms with Crippen LogP contribution in [0.1, 0.15) is 29.6 Å². The zero-order chi connectivity index (χ0) is 12.7. The number of halogens is 1. The van der Waals surface area contributed by atoms with Gasteiger partial charge in [0.25, 0.3) is 5.91 Å². The van der Waals surface area contributed by atoms with Gasteiger partial charge in [0.05, 0.1) is 5.56 Å². The van der Waals surface area contributed by atoms with Crippen LogP contribution in [-0.2, 0) is 0 Å². The molecule has 2 fully saturated rings. The maximum atomic E-state index is 12.6. The second-order valence-corrected chi connectivity index (χ2v) is 6.01. The highest BCUT2D eigenvalue weighted by molar-refractivity contribution is 9.10. The molecular weight excluding hydrogens is 294 g/mol. The lowest BCUT2D eigenvalue weighted by atomic mass is 10.1. The van der Waals surface area contributed by atoms with E-state index in [1.807, 2.05) is 11.0 Å². The van der Waals surface area contributed by atoms with Crippen molar-refractivity contribution >= 4 is 27.7 Å². The summed E-state index contributed by atoms with van der Waals surface area (Å²) in [6, 6.07) is 2.30. The average molecular weight is 310 g/mol. The summed E-state index contributed by atoms with van der Waals surface area (Å²) in [5, 5.41) is 2.99. The number of aromatic nitrogens is 1. The molecule has 2 atom stereocenters. The summed E-state index contributed by atoms with van der Waals surface area (Å²) in [6.45, 7) is 0.916. The number of rotatable bonds is 2. The number of carbonyl (C=O) groups is 1. The maximum absolute atomic E-state index is 12.6. The molecule has 1 aromatic rings. The Kier molecular flexibility index (Phi) is 3.01. The molecule has 1 aliphatic heterocycles. The molecule has 2 unspecified atom stereocenters. The van der Waals surface area contributed by atoms with Crippen molar-refractivity contribution in [2.45, 2.75) is 25.3 Å². The third-order valence-electron chi connectivity index (χ3n) is 3.99. The molecule has 1 N–H and O–H groups in total. The van der Waals surface area contributed by atoms with E-state index < -0.39 is 0 Å². The number of hydrogen-bond acceptors (Lipinski definition) is 3. The van der Waals surface area contributed by atoms with E-state index in [0.29, 0.717) is 17.4 Å². The molecule has 2 heterocycles. The van der Waals surface area contributed by atoms with Crippen LogP contribution in [0.25, 0.3) is 0 Å². The molecule has 0 aromatic carbocycles. The highest BCUT2D eigenvalue weighted by Gasteiger charge is 2.40. The Hall–Kier alpha value is -1.10. The van der Waals surface area contributed by atoms with E-state index in [0.717, 1.165) is 23.4 Å². The van der Waals surface area contributed by atoms with Crippen molar-refractivity contribution in [3.63, 3.8) is 0 Å². The van der Waals surface area contributed by atoms with Gasteiger partial charge in [-0.1, -0.05) is 0 Å². The largest absolute Gasteiger partial charge is 0.372 e. The van der Waals surface area contributed by atoms with Crippen molar-refractivity contribution < 1.29 is 4.79 Å². The Morgan fingerprint density at radius 2 is 2.39 bits per heavy atom. The minimum atomic E-state index is 0.111. The molecule has 2 bridgehead atoms. The van der Waals surface area contributed by atoms with Crippen molar-refractivity contribution in [2.24, 2.45) is 5.92 Å². The highest BCUT2D eigenvalue weighted by atomic mass is 79.9. The minimum Gasteiger partial charge on any atom is -0.372 e. The number of hydrogen-bond donors (Lipinski definition) is 1. The summed E-state index contributed by atoms with van der Waals surface area (Å²) in [4.78, 5) is 18.9. The second-order valence-electron chi connectivity index (χ2n) is 5.09. The van der Waals surface area contributed by atoms with Crippen LogP contribution >= 0.6 is 15.9 Å². The average Bonchev–Trinajstić information content (AvgIpc) is 3.00. The summed E-state index contributed by atoms with van der Waals surface area (Å²) in [5.74, 6) is 1.49. The predicted molar refractivity (Wildman–Crippen MR) is 73.6 cm³/mol. The molecule has 5 heteroatoms. The summed E-state index contributed by atoms with van der Waals surface area (Å²) in [5.41, 5.74) is 0.666. The Labute approximate surface area is 115 Å². The fourth-order valence-corrected chi connectivity index (χ4v) is 3.46. The molecule has 18 heavy (non-hydrogen) atoms. The van der Waals surface area contributed by atoms with Crippen LogP contribution in [0.3, 0.4) is 0 Å². The molecule has 1 saturated carbocycles. The van der Waals surface area contributed by atoms with Gasteiger partial charge in [-0.3, -0.25) is 4.79 Å². The number of anilines is 1. The lowest BCUT2D eigenvalue weighted by Crippen LogP contribution is -2.38. The van der Waals surface area contributed by atoms with Crippen molar-refractivity contribution in [3.8, 4) is 0 Å². The van der Waals surface area contributed by atoms with Crippen LogP contribution in [0.5, 0.6) is 0 Å². The van der Waals surface area contributed by atoms with Crippen molar-refractivity contribution in [3.05, 3.63) is 22.3 Å². The van der Waals surface area contributed by atoms with E-state index in [1.54, 1.807) is 13.2 Å². The third kappa shape index (κ3) is 1.90. The minimum absolute atomic E-state index is 0.111. The SMILES string of the molecule is CNc1ncc(Br)cc1C(=O)N1CC2CCC1C2. The number of nitrogens with zero attached hydrogens (tertiary/aromatic N) is 2. The van der Waals surface area contributed by atoms with Crippen LogP contribution in [0.15, 0.2) is 16.7 Å². The molecule has 1 amide bonds. The number of amides is 1. The topological polar surface area (TPSA) is 45.2 Å². The number of fused-ring (bicyclic) bond motifs is 2. The van der Waals surface area contributed by atoms with E-state index >= 15 is 0 Å². The summed E-state index contributed by atoms with van der Waals surface area (Å²) in [6.07, 6.45) is 5.33. The van der Waals surface area contributed by atoms with Crippen molar-refractivity contribution in [1.29, 1.82) is 0 Å². The molecule has 3 rings (SSSR count). The first kappa shape index (κ1) is 12.0. The van der Waals surface area contributed by atoms with E-state index in [9.17, 15) is 4.79 Å². The molecule has 1 aromatic heterocycles. The van der Waals surface area contributed by atoms with Gasteiger partial charge in [-0.25, -0.2) is 4.98 Å². The summed E-state index contributed by atoms with van der Waals surface area (Å²) >= 11 is 3.38. The zero-order valence-corrected chi connectivity index (χ0v) is 11.9. The molecule has 4 nitrogen and oxygen atoms in total. The first-order valence-corrected chi connectivity index (χ1v) is 7.12. The highest BCUT2D eigenvalue weighted by Crippen LogP contribution is 2.38. The number of likely N-dealkylation sites (tertiary alicyclic amines) is 1. The Bertz CT molecular complexity index is 491. The van der Waals surface area contributed by atoms with Gasteiger partial charge in [0, 0.05) is 30.3 Å². The Morgan fingerprint density at radius 3 is 3.00 bits per heavy atom. The van der Waals surface area contributed by atoms with Crippen molar-refractivity contribution in [1.82, 2.24) is 9.88 Å². The van der Waals surface area contributed by atoms with E-state index in [2.05, 4.69) is 26.2 Å². The van der Waals surface area contributed by atoms with Crippen molar-refractivity contribution in [2.75, 3.05) is 18.9 Å². The van der Waals surface area contributed by atoms with E-state index in [1.165, 1.54) is 12.8 Å². The van der Waals surface area contributed by atoms with Crippen LogP contribution in [-0.4, -0.2) is 35.4 Å². The van der Waals surface area contributed by atoms with Gasteiger partial charge in [-0.05, 0) is 47.2 Å². The first-order valence-electron chi connectivity index (χ1n) is 6.33. The summed E-state index contributed by atoms with van der Waals surface area (Å²) < 4.78 is 0.842. The monoisotopic (exact) mass is 309 g/mol. The van der Waals surface area contributed by atoms with Gasteiger partial charge >= 0.3 is 0 Å². The van der Waals surface area contributed by atoms with Gasteiger partial charge in [0.2, 0.25) is 0 Å². The number of carbonyl (C=O) groups excluding carboxylic acids is 1. The van der Waals surface area contributed by atoms with Gasteiger partial charge in [0.1, 0.15) is 5.82 Å². The molecule has 96 valence electrons. The van der Waals surface area contributed by atoms with Gasteiger partial charge in [-0.15, -0.1) is 0 Å². The Balaban J connectivity index is 1.90. The second kappa shape index (κ2) is 4.53. The molecule has 0 radical (unpaired) electrons. The van der Waals surface area contributed by atoms with E-state index in [4.69, 9.17) is 0 Å². The zero-order valence-electron chi connectivity index (χ0n) is 10.3. The third-order valence-corrected chi connectivity index (χ3v) is 4.43. The molecule has 1 aliphatic carbocycles. The molecular formula is C13H16BrN3O. The van der Waals surface area contributed by atoms with Gasteiger partial charge in [0.15, 0.2) is 0 Å². The standard InChI is InChI=1S/C13H16BrN3O/c1-15-12-11(5-9(14)6-16-12)13(18)17-7-8-2-3-10(17)4-8/h5-6,8,10H,2-4,7H2,1H3,(H,15,16). The summed E-state index contributed by atoms with van der Waals surface area (Å²) in [7, 11) is 1.79. The van der Waals surface area contributed by atoms with Gasteiger partial charge < -0.3 is 10.2 Å². The lowest BCUT2D eigenvalue weighted by molar-refractivity contribution is 0.0704. The number of pyridine rings is 1. The van der Waals surface area contributed by atoms with E-state index in [-0.39, 0.29) is 5.91 Å². The lowest BCUT2D eigenvalue weighted by Gasteiger charge is -2.27. The number of piperidine rings is 1.